The number of fused-ring (bicyclic) bond motifs is 1. The number of nitrogens with zero attached hydrogens (tertiary/aromatic N) is 3. The Hall–Kier alpha value is -1.42. The van der Waals surface area contributed by atoms with E-state index in [1.165, 1.54) is 0 Å². The molecule has 0 aromatic carbocycles. The van der Waals surface area contributed by atoms with Gasteiger partial charge in [-0.05, 0) is 12.5 Å². The summed E-state index contributed by atoms with van der Waals surface area (Å²) in [4.78, 5) is 18.6. The molecule has 0 fully saturated rings. The van der Waals surface area contributed by atoms with Crippen LogP contribution in [0.1, 0.15) is 16.1 Å². The maximum absolute atomic E-state index is 10.6. The topological polar surface area (TPSA) is 47.3 Å². The Bertz CT molecular complexity index is 477. The molecule has 0 unspecified atom stereocenters. The summed E-state index contributed by atoms with van der Waals surface area (Å²) in [5, 5.41) is 0.188. The lowest BCUT2D eigenvalue weighted by Gasteiger charge is -1.95. The van der Waals surface area contributed by atoms with Gasteiger partial charge in [0, 0.05) is 12.4 Å². The fourth-order valence-electron chi connectivity index (χ4n) is 1.13. The molecule has 0 bridgehead atoms. The van der Waals surface area contributed by atoms with Crippen LogP contribution in [0.5, 0.6) is 0 Å². The summed E-state index contributed by atoms with van der Waals surface area (Å²) in [6.07, 6.45) is 4.11. The molecule has 2 aromatic rings. The van der Waals surface area contributed by atoms with E-state index in [1.807, 2.05) is 6.92 Å². The number of aldehydes is 1. The third-order valence-electron chi connectivity index (χ3n) is 1.71. The van der Waals surface area contributed by atoms with Crippen LogP contribution >= 0.6 is 11.6 Å². The van der Waals surface area contributed by atoms with Gasteiger partial charge in [0.1, 0.15) is 5.69 Å². The number of hydrogen-bond acceptors (Lipinski definition) is 3. The van der Waals surface area contributed by atoms with Crippen LogP contribution < -0.4 is 0 Å². The number of hydrogen-bond donors (Lipinski definition) is 0. The smallest absolute Gasteiger partial charge is 0.235 e. The number of carbonyl (C=O) groups is 1. The van der Waals surface area contributed by atoms with E-state index in [4.69, 9.17) is 11.6 Å². The maximum Gasteiger partial charge on any atom is 0.235 e. The van der Waals surface area contributed by atoms with Gasteiger partial charge >= 0.3 is 0 Å². The molecule has 0 aliphatic rings. The van der Waals surface area contributed by atoms with Gasteiger partial charge in [-0.1, -0.05) is 11.6 Å². The van der Waals surface area contributed by atoms with Crippen LogP contribution in [0.4, 0.5) is 0 Å². The summed E-state index contributed by atoms with van der Waals surface area (Å²) in [6, 6.07) is 0. The predicted octanol–water partition coefficient (Wildman–Crippen LogP) is 1.50. The number of aryl methyl sites for hydroxylation is 1. The molecule has 4 nitrogen and oxygen atoms in total. The first kappa shape index (κ1) is 8.19. The average Bonchev–Trinajstić information content (AvgIpc) is 2.40. The first-order chi connectivity index (χ1) is 6.22. The fraction of sp³-hybridized carbons (Fsp3) is 0.125. The number of halogens is 1. The first-order valence-corrected chi connectivity index (χ1v) is 4.05. The molecule has 2 heterocycles. The largest absolute Gasteiger partial charge is 0.296 e. The SMILES string of the molecule is Cc1cnc2nc(Cl)c(C=O)n2c1. The summed E-state index contributed by atoms with van der Waals surface area (Å²) < 4.78 is 1.57. The van der Waals surface area contributed by atoms with E-state index < -0.39 is 0 Å². The molecule has 2 rings (SSSR count). The van der Waals surface area contributed by atoms with Gasteiger partial charge < -0.3 is 0 Å². The van der Waals surface area contributed by atoms with Crippen molar-refractivity contribution < 1.29 is 4.79 Å². The first-order valence-electron chi connectivity index (χ1n) is 3.68. The summed E-state index contributed by atoms with van der Waals surface area (Å²) in [5.74, 6) is 0.442. The van der Waals surface area contributed by atoms with Gasteiger partial charge in [0.25, 0.3) is 0 Å². The van der Waals surface area contributed by atoms with Crippen molar-refractivity contribution >= 4 is 23.7 Å². The van der Waals surface area contributed by atoms with E-state index in [0.717, 1.165) is 5.56 Å². The van der Waals surface area contributed by atoms with E-state index in [0.29, 0.717) is 17.8 Å². The lowest BCUT2D eigenvalue weighted by atomic mass is 10.4. The summed E-state index contributed by atoms with van der Waals surface area (Å²) in [6.45, 7) is 1.88. The van der Waals surface area contributed by atoms with E-state index in [9.17, 15) is 4.79 Å². The second-order valence-corrected chi connectivity index (χ2v) is 3.07. The number of carbonyl (C=O) groups excluding carboxylic acids is 1. The maximum atomic E-state index is 10.6. The highest BCUT2D eigenvalue weighted by Gasteiger charge is 2.09. The van der Waals surface area contributed by atoms with Gasteiger partial charge in [0.05, 0.1) is 0 Å². The van der Waals surface area contributed by atoms with Crippen molar-refractivity contribution in [1.29, 1.82) is 0 Å². The zero-order chi connectivity index (χ0) is 9.42. The lowest BCUT2D eigenvalue weighted by Crippen LogP contribution is -1.93. The molecular weight excluding hydrogens is 190 g/mol. The van der Waals surface area contributed by atoms with Crippen LogP contribution in [-0.2, 0) is 0 Å². The molecule has 0 N–H and O–H groups in total. The Balaban J connectivity index is 2.88. The molecule has 0 amide bonds. The van der Waals surface area contributed by atoms with Crippen molar-refractivity contribution in [2.24, 2.45) is 0 Å². The van der Waals surface area contributed by atoms with Crippen molar-refractivity contribution in [3.63, 3.8) is 0 Å². The molecule has 0 spiro atoms. The Labute approximate surface area is 79.2 Å². The van der Waals surface area contributed by atoms with E-state index in [-0.39, 0.29) is 5.15 Å². The molecule has 0 aliphatic carbocycles. The monoisotopic (exact) mass is 195 g/mol. The summed E-state index contributed by atoms with van der Waals surface area (Å²) >= 11 is 5.72. The van der Waals surface area contributed by atoms with E-state index >= 15 is 0 Å². The Morgan fingerprint density at radius 1 is 1.62 bits per heavy atom. The van der Waals surface area contributed by atoms with Gasteiger partial charge in [0.15, 0.2) is 11.4 Å². The summed E-state index contributed by atoms with van der Waals surface area (Å²) in [5.41, 5.74) is 1.29. The molecular formula is C8H6ClN3O. The second-order valence-electron chi connectivity index (χ2n) is 2.71. The van der Waals surface area contributed by atoms with Gasteiger partial charge in [-0.2, -0.15) is 4.98 Å². The molecule has 0 atom stereocenters. The predicted molar refractivity (Wildman–Crippen MR) is 48.1 cm³/mol. The minimum absolute atomic E-state index is 0.188. The highest BCUT2D eigenvalue weighted by molar-refractivity contribution is 6.31. The van der Waals surface area contributed by atoms with Crippen LogP contribution in [0.3, 0.4) is 0 Å². The van der Waals surface area contributed by atoms with Crippen LogP contribution in [0.2, 0.25) is 5.15 Å². The van der Waals surface area contributed by atoms with Crippen molar-refractivity contribution in [1.82, 2.24) is 14.4 Å². The van der Waals surface area contributed by atoms with Crippen molar-refractivity contribution in [2.45, 2.75) is 6.92 Å². The van der Waals surface area contributed by atoms with Gasteiger partial charge in [-0.25, -0.2) is 4.98 Å². The third-order valence-corrected chi connectivity index (χ3v) is 1.99. The number of rotatable bonds is 1. The molecule has 66 valence electrons. The standard InChI is InChI=1S/C8H6ClN3O/c1-5-2-10-8-11-7(9)6(4-13)12(8)3-5/h2-4H,1H3. The van der Waals surface area contributed by atoms with Crippen LogP contribution in [-0.4, -0.2) is 20.7 Å². The van der Waals surface area contributed by atoms with Gasteiger partial charge in [-0.3, -0.25) is 9.20 Å². The van der Waals surface area contributed by atoms with E-state index in [2.05, 4.69) is 9.97 Å². The zero-order valence-corrected chi connectivity index (χ0v) is 7.62. The van der Waals surface area contributed by atoms with E-state index in [1.54, 1.807) is 16.8 Å². The van der Waals surface area contributed by atoms with Crippen molar-refractivity contribution in [3.8, 4) is 0 Å². The molecule has 0 aliphatic heterocycles. The van der Waals surface area contributed by atoms with Crippen LogP contribution in [0.25, 0.3) is 5.78 Å². The molecule has 2 aromatic heterocycles. The fourth-order valence-corrected chi connectivity index (χ4v) is 1.34. The zero-order valence-electron chi connectivity index (χ0n) is 6.86. The molecule has 0 saturated carbocycles. The number of imidazole rings is 1. The van der Waals surface area contributed by atoms with Crippen LogP contribution in [0, 0.1) is 6.92 Å². The van der Waals surface area contributed by atoms with Gasteiger partial charge in [-0.15, -0.1) is 0 Å². The average molecular weight is 196 g/mol. The quantitative estimate of drug-likeness (QED) is 0.648. The normalized spacial score (nSPS) is 10.6. The second kappa shape index (κ2) is 2.81. The minimum atomic E-state index is 0.188. The molecule has 13 heavy (non-hydrogen) atoms. The van der Waals surface area contributed by atoms with Gasteiger partial charge in [0.2, 0.25) is 5.78 Å². The van der Waals surface area contributed by atoms with Crippen molar-refractivity contribution in [2.75, 3.05) is 0 Å². The van der Waals surface area contributed by atoms with Crippen LogP contribution in [0.15, 0.2) is 12.4 Å². The minimum Gasteiger partial charge on any atom is -0.296 e. The molecule has 5 heteroatoms. The highest BCUT2D eigenvalue weighted by atomic mass is 35.5. The van der Waals surface area contributed by atoms with Crippen molar-refractivity contribution in [3.05, 3.63) is 28.8 Å². The Kier molecular flexibility index (Phi) is 1.77. The molecule has 0 radical (unpaired) electrons. The Morgan fingerprint density at radius 3 is 3.08 bits per heavy atom. The molecule has 0 saturated heterocycles. The lowest BCUT2D eigenvalue weighted by molar-refractivity contribution is 0.111. The highest BCUT2D eigenvalue weighted by Crippen LogP contribution is 2.14. The number of aromatic nitrogens is 3. The Morgan fingerprint density at radius 2 is 2.38 bits per heavy atom. The third kappa shape index (κ3) is 1.19. The summed E-state index contributed by atoms with van der Waals surface area (Å²) in [7, 11) is 0.